The second-order valence-corrected chi connectivity index (χ2v) is 7.33. The molecule has 0 atom stereocenters. The van der Waals surface area contributed by atoms with Crippen LogP contribution in [0.5, 0.6) is 0 Å². The molecule has 2 aromatic heterocycles. The van der Waals surface area contributed by atoms with E-state index in [-0.39, 0.29) is 5.41 Å². The van der Waals surface area contributed by atoms with Crippen LogP contribution in [0.3, 0.4) is 0 Å². The minimum atomic E-state index is 0.104. The molecular weight excluding hydrogens is 294 g/mol. The number of benzene rings is 1. The Kier molecular flexibility index (Phi) is 3.38. The predicted octanol–water partition coefficient (Wildman–Crippen LogP) is 5.09. The molecule has 3 aromatic rings. The Bertz CT molecular complexity index is 907. The van der Waals surface area contributed by atoms with Crippen LogP contribution in [-0.4, -0.2) is 9.97 Å². The number of nitrogens with zero attached hydrogens (tertiary/aromatic N) is 2. The quantitative estimate of drug-likeness (QED) is 0.532. The van der Waals surface area contributed by atoms with Gasteiger partial charge in [0, 0.05) is 18.3 Å². The maximum atomic E-state index is 4.88. The summed E-state index contributed by atoms with van der Waals surface area (Å²) in [6.07, 6.45) is 2.73. The van der Waals surface area contributed by atoms with Gasteiger partial charge in [-0.15, -0.1) is 0 Å². The van der Waals surface area contributed by atoms with Gasteiger partial charge in [-0.1, -0.05) is 39.0 Å². The summed E-state index contributed by atoms with van der Waals surface area (Å²) in [6, 6.07) is 16.8. The number of pyridine rings is 2. The first-order valence-electron chi connectivity index (χ1n) is 8.32. The van der Waals surface area contributed by atoms with Gasteiger partial charge in [-0.2, -0.15) is 0 Å². The Labute approximate surface area is 142 Å². The fraction of sp³-hybridized carbons (Fsp3) is 0.238. The number of hydrogen-bond donors (Lipinski definition) is 1. The average molecular weight is 315 g/mol. The van der Waals surface area contributed by atoms with Gasteiger partial charge in [0.05, 0.1) is 22.8 Å². The normalized spacial score (nSPS) is 13.0. The van der Waals surface area contributed by atoms with Crippen LogP contribution in [0.1, 0.15) is 37.6 Å². The van der Waals surface area contributed by atoms with Crippen molar-refractivity contribution in [1.29, 1.82) is 0 Å². The van der Waals surface area contributed by atoms with Crippen LogP contribution >= 0.6 is 0 Å². The van der Waals surface area contributed by atoms with Gasteiger partial charge in [-0.3, -0.25) is 4.98 Å². The molecule has 1 N–H and O–H groups in total. The van der Waals surface area contributed by atoms with Crippen molar-refractivity contribution in [2.75, 3.05) is 5.32 Å². The maximum Gasteiger partial charge on any atom is 0.0891 e. The van der Waals surface area contributed by atoms with Crippen LogP contribution in [0.25, 0.3) is 11.4 Å². The van der Waals surface area contributed by atoms with Crippen LogP contribution in [0.15, 0.2) is 54.7 Å². The molecule has 0 spiro atoms. The molecule has 0 fully saturated rings. The summed E-state index contributed by atoms with van der Waals surface area (Å²) in [5.41, 5.74) is 7.87. The molecule has 1 aliphatic heterocycles. The average Bonchev–Trinajstić information content (AvgIpc) is 2.59. The zero-order valence-corrected chi connectivity index (χ0v) is 14.3. The van der Waals surface area contributed by atoms with E-state index in [1.54, 1.807) is 0 Å². The van der Waals surface area contributed by atoms with Crippen molar-refractivity contribution in [3.63, 3.8) is 0 Å². The molecule has 3 heterocycles. The van der Waals surface area contributed by atoms with Gasteiger partial charge in [0.1, 0.15) is 0 Å². The fourth-order valence-electron chi connectivity index (χ4n) is 3.05. The van der Waals surface area contributed by atoms with Crippen LogP contribution in [0.4, 0.5) is 11.4 Å². The summed E-state index contributed by atoms with van der Waals surface area (Å²) in [6.45, 7) is 6.65. The number of para-hydroxylation sites is 1. The highest BCUT2D eigenvalue weighted by atomic mass is 14.9. The summed E-state index contributed by atoms with van der Waals surface area (Å²) in [5.74, 6) is 0. The highest BCUT2D eigenvalue weighted by Gasteiger charge is 2.18. The molecule has 1 aromatic carbocycles. The molecule has 4 rings (SSSR count). The van der Waals surface area contributed by atoms with Crippen molar-refractivity contribution in [1.82, 2.24) is 9.97 Å². The molecule has 1 aliphatic rings. The van der Waals surface area contributed by atoms with E-state index in [0.29, 0.717) is 0 Å². The number of nitrogens with one attached hydrogen (secondary N) is 1. The van der Waals surface area contributed by atoms with Crippen molar-refractivity contribution in [3.8, 4) is 11.4 Å². The van der Waals surface area contributed by atoms with Gasteiger partial charge in [0.25, 0.3) is 0 Å². The van der Waals surface area contributed by atoms with Crippen LogP contribution < -0.4 is 5.32 Å². The van der Waals surface area contributed by atoms with E-state index in [9.17, 15) is 0 Å². The Morgan fingerprint density at radius 1 is 0.917 bits per heavy atom. The smallest absolute Gasteiger partial charge is 0.0891 e. The third-order valence-corrected chi connectivity index (χ3v) is 4.51. The van der Waals surface area contributed by atoms with Gasteiger partial charge in [0.2, 0.25) is 0 Å². The highest BCUT2D eigenvalue weighted by molar-refractivity contribution is 5.72. The van der Waals surface area contributed by atoms with Gasteiger partial charge in [-0.05, 0) is 46.9 Å². The van der Waals surface area contributed by atoms with Crippen LogP contribution in [-0.2, 0) is 11.8 Å². The van der Waals surface area contributed by atoms with Crippen molar-refractivity contribution < 1.29 is 0 Å². The summed E-state index contributed by atoms with van der Waals surface area (Å²) >= 11 is 0. The molecule has 0 aliphatic carbocycles. The van der Waals surface area contributed by atoms with Gasteiger partial charge in [-0.25, -0.2) is 4.98 Å². The molecule has 0 saturated heterocycles. The van der Waals surface area contributed by atoms with E-state index < -0.39 is 0 Å². The molecule has 120 valence electrons. The summed E-state index contributed by atoms with van der Waals surface area (Å²) in [7, 11) is 0. The molecular formula is C21H21N3. The Hall–Kier alpha value is -2.68. The monoisotopic (exact) mass is 315 g/mol. The van der Waals surface area contributed by atoms with E-state index in [2.05, 4.69) is 79.6 Å². The lowest BCUT2D eigenvalue weighted by Crippen LogP contribution is -2.12. The van der Waals surface area contributed by atoms with Gasteiger partial charge in [0.15, 0.2) is 0 Å². The number of rotatable bonds is 1. The van der Waals surface area contributed by atoms with Crippen molar-refractivity contribution in [2.45, 2.75) is 32.6 Å². The molecule has 0 radical (unpaired) electrons. The minimum Gasteiger partial charge on any atom is -0.354 e. The second-order valence-electron chi connectivity index (χ2n) is 7.33. The first kappa shape index (κ1) is 14.9. The van der Waals surface area contributed by atoms with Crippen molar-refractivity contribution in [3.05, 3.63) is 71.5 Å². The van der Waals surface area contributed by atoms with E-state index in [1.807, 2.05) is 6.20 Å². The Morgan fingerprint density at radius 2 is 1.75 bits per heavy atom. The number of aromatic nitrogens is 2. The number of anilines is 2. The van der Waals surface area contributed by atoms with E-state index in [1.165, 1.54) is 16.8 Å². The largest absolute Gasteiger partial charge is 0.354 e. The molecule has 3 heteroatoms. The van der Waals surface area contributed by atoms with Crippen LogP contribution in [0, 0.1) is 0 Å². The molecule has 3 nitrogen and oxygen atoms in total. The lowest BCUT2D eigenvalue weighted by molar-refractivity contribution is 0.589. The molecule has 0 saturated carbocycles. The van der Waals surface area contributed by atoms with Crippen molar-refractivity contribution in [2.24, 2.45) is 0 Å². The second kappa shape index (κ2) is 5.45. The van der Waals surface area contributed by atoms with Crippen LogP contribution in [0.2, 0.25) is 0 Å². The summed E-state index contributed by atoms with van der Waals surface area (Å²) in [4.78, 5) is 9.41. The van der Waals surface area contributed by atoms with E-state index in [4.69, 9.17) is 4.98 Å². The molecule has 0 amide bonds. The molecule has 0 bridgehead atoms. The first-order valence-corrected chi connectivity index (χ1v) is 8.32. The predicted molar refractivity (Wildman–Crippen MR) is 98.7 cm³/mol. The minimum absolute atomic E-state index is 0.104. The van der Waals surface area contributed by atoms with Crippen molar-refractivity contribution >= 4 is 11.4 Å². The Morgan fingerprint density at radius 3 is 2.58 bits per heavy atom. The third kappa shape index (κ3) is 2.67. The first-order chi connectivity index (χ1) is 11.5. The maximum absolute atomic E-state index is 4.88. The summed E-state index contributed by atoms with van der Waals surface area (Å²) in [5, 5.41) is 3.47. The topological polar surface area (TPSA) is 37.8 Å². The lowest BCUT2D eigenvalue weighted by Gasteiger charge is -2.22. The number of hydrogen-bond acceptors (Lipinski definition) is 3. The third-order valence-electron chi connectivity index (χ3n) is 4.51. The zero-order chi connectivity index (χ0) is 16.7. The fourth-order valence-corrected chi connectivity index (χ4v) is 3.05. The standard InChI is InChI=1S/C21H21N3/c1-21(2,3)15-10-11-22-19(13-15)17-8-9-18-20(24-17)12-14-6-4-5-7-16(14)23-18/h4-11,13,23H,12H2,1-3H3. The summed E-state index contributed by atoms with van der Waals surface area (Å²) < 4.78 is 0. The lowest BCUT2D eigenvalue weighted by atomic mass is 9.87. The number of fused-ring (bicyclic) bond motifs is 2. The highest BCUT2D eigenvalue weighted by Crippen LogP contribution is 2.33. The van der Waals surface area contributed by atoms with Gasteiger partial charge >= 0.3 is 0 Å². The molecule has 0 unspecified atom stereocenters. The van der Waals surface area contributed by atoms with E-state index in [0.717, 1.165) is 29.2 Å². The zero-order valence-electron chi connectivity index (χ0n) is 14.3. The molecule has 24 heavy (non-hydrogen) atoms. The van der Waals surface area contributed by atoms with Gasteiger partial charge < -0.3 is 5.32 Å². The Balaban J connectivity index is 1.73. The van der Waals surface area contributed by atoms with E-state index >= 15 is 0 Å². The SMILES string of the molecule is CC(C)(C)c1ccnc(-c2ccc3c(n2)Cc2ccccc2N3)c1.